The Labute approximate surface area is 211 Å². The van der Waals surface area contributed by atoms with E-state index in [4.69, 9.17) is 26.4 Å². The Morgan fingerprint density at radius 2 is 2.00 bits per heavy atom. The van der Waals surface area contributed by atoms with Gasteiger partial charge in [0.1, 0.15) is 5.65 Å². The third-order valence-corrected chi connectivity index (χ3v) is 7.19. The molecule has 182 valence electrons. The van der Waals surface area contributed by atoms with Gasteiger partial charge in [-0.15, -0.1) is 0 Å². The number of hydrogen-bond donors (Lipinski definition) is 1. The fourth-order valence-corrected chi connectivity index (χ4v) is 4.92. The Bertz CT molecular complexity index is 1610. The summed E-state index contributed by atoms with van der Waals surface area (Å²) in [5.41, 5.74) is 6.12. The van der Waals surface area contributed by atoms with Crippen LogP contribution in [-0.2, 0) is 17.8 Å². The van der Waals surface area contributed by atoms with Crippen LogP contribution in [0.4, 0.5) is 0 Å². The van der Waals surface area contributed by atoms with Gasteiger partial charge in [-0.25, -0.2) is 9.97 Å². The van der Waals surface area contributed by atoms with Gasteiger partial charge < -0.3 is 18.9 Å². The second kappa shape index (κ2) is 8.46. The molecule has 5 aromatic rings. The number of carbonyl (C=O) groups excluding carboxylic acids is 1. The molecule has 6 heterocycles. The molecule has 10 heteroatoms. The SMILES string of the molecule is O=C(NCc1ncn2ccc(Cl)cc12)c1cn(Cc2cn3cc(C4CC4)ccc3n2)nc1C1COC1. The molecule has 5 aromatic heterocycles. The highest BCUT2D eigenvalue weighted by Gasteiger charge is 2.29. The van der Waals surface area contributed by atoms with Crippen LogP contribution in [0.15, 0.2) is 55.4 Å². The van der Waals surface area contributed by atoms with Gasteiger partial charge in [-0.2, -0.15) is 5.10 Å². The summed E-state index contributed by atoms with van der Waals surface area (Å²) in [6, 6.07) is 7.89. The smallest absolute Gasteiger partial charge is 0.255 e. The van der Waals surface area contributed by atoms with Gasteiger partial charge >= 0.3 is 0 Å². The van der Waals surface area contributed by atoms with Crippen LogP contribution in [0.1, 0.15) is 57.7 Å². The van der Waals surface area contributed by atoms with Crippen molar-refractivity contribution in [1.29, 1.82) is 0 Å². The van der Waals surface area contributed by atoms with E-state index in [0.717, 1.165) is 28.2 Å². The number of nitrogens with one attached hydrogen (secondary N) is 1. The van der Waals surface area contributed by atoms with Gasteiger partial charge in [-0.3, -0.25) is 9.48 Å². The summed E-state index contributed by atoms with van der Waals surface area (Å²) in [5, 5.41) is 8.40. The zero-order valence-corrected chi connectivity index (χ0v) is 20.2. The van der Waals surface area contributed by atoms with Gasteiger partial charge in [-0.05, 0) is 42.5 Å². The van der Waals surface area contributed by atoms with E-state index in [2.05, 4.69) is 33.0 Å². The maximum atomic E-state index is 13.2. The van der Waals surface area contributed by atoms with Crippen LogP contribution in [0.2, 0.25) is 5.02 Å². The number of halogens is 1. The van der Waals surface area contributed by atoms with E-state index >= 15 is 0 Å². The highest BCUT2D eigenvalue weighted by atomic mass is 35.5. The van der Waals surface area contributed by atoms with Crippen molar-refractivity contribution in [2.24, 2.45) is 0 Å². The molecule has 1 aliphatic carbocycles. The minimum atomic E-state index is -0.185. The van der Waals surface area contributed by atoms with E-state index in [1.54, 1.807) is 17.1 Å². The summed E-state index contributed by atoms with van der Waals surface area (Å²) in [5.74, 6) is 0.619. The van der Waals surface area contributed by atoms with Gasteiger partial charge in [0.05, 0.1) is 66.7 Å². The normalized spacial score (nSPS) is 16.0. The average molecular weight is 502 g/mol. The maximum Gasteiger partial charge on any atom is 0.255 e. The molecular weight excluding hydrogens is 478 g/mol. The van der Waals surface area contributed by atoms with Crippen molar-refractivity contribution >= 4 is 28.7 Å². The molecule has 1 saturated heterocycles. The Morgan fingerprint density at radius 1 is 1.11 bits per heavy atom. The third kappa shape index (κ3) is 3.94. The average Bonchev–Trinajstić information content (AvgIpc) is 3.31. The van der Waals surface area contributed by atoms with Crippen LogP contribution in [0.3, 0.4) is 0 Å². The maximum absolute atomic E-state index is 13.2. The van der Waals surface area contributed by atoms with Crippen molar-refractivity contribution in [3.8, 4) is 0 Å². The summed E-state index contributed by atoms with van der Waals surface area (Å²) >= 11 is 6.15. The molecule has 2 fully saturated rings. The largest absolute Gasteiger partial charge is 0.380 e. The van der Waals surface area contributed by atoms with Crippen LogP contribution in [0.25, 0.3) is 11.2 Å². The second-order valence-electron chi connectivity index (χ2n) is 9.61. The van der Waals surface area contributed by atoms with Crippen LogP contribution < -0.4 is 5.32 Å². The monoisotopic (exact) mass is 501 g/mol. The number of nitrogens with zero attached hydrogens (tertiary/aromatic N) is 6. The highest BCUT2D eigenvalue weighted by molar-refractivity contribution is 6.30. The molecule has 0 atom stereocenters. The molecule has 0 spiro atoms. The summed E-state index contributed by atoms with van der Waals surface area (Å²) in [7, 11) is 0. The fraction of sp³-hybridized carbons (Fsp3) is 0.308. The summed E-state index contributed by atoms with van der Waals surface area (Å²) in [4.78, 5) is 22.4. The number of ether oxygens (including phenoxy) is 1. The van der Waals surface area contributed by atoms with Crippen molar-refractivity contribution in [3.05, 3.63) is 88.6 Å². The van der Waals surface area contributed by atoms with Gasteiger partial charge in [0.25, 0.3) is 5.91 Å². The van der Waals surface area contributed by atoms with Crippen molar-refractivity contribution in [2.45, 2.75) is 37.8 Å². The number of aromatic nitrogens is 6. The number of pyridine rings is 2. The second-order valence-corrected chi connectivity index (χ2v) is 10.0. The molecule has 0 unspecified atom stereocenters. The molecule has 9 nitrogen and oxygen atoms in total. The first kappa shape index (κ1) is 21.6. The lowest BCUT2D eigenvalue weighted by Crippen LogP contribution is -2.30. The molecule has 2 aliphatic rings. The van der Waals surface area contributed by atoms with Crippen LogP contribution in [-0.4, -0.2) is 47.7 Å². The van der Waals surface area contributed by atoms with E-state index in [9.17, 15) is 4.79 Å². The molecule has 7 rings (SSSR count). The van der Waals surface area contributed by atoms with E-state index < -0.39 is 0 Å². The van der Waals surface area contributed by atoms with Gasteiger partial charge in [0.15, 0.2) is 0 Å². The quantitative estimate of drug-likeness (QED) is 0.366. The van der Waals surface area contributed by atoms with Gasteiger partial charge in [0.2, 0.25) is 0 Å². The Morgan fingerprint density at radius 3 is 2.81 bits per heavy atom. The lowest BCUT2D eigenvalue weighted by atomic mass is 10.00. The zero-order chi connectivity index (χ0) is 24.2. The summed E-state index contributed by atoms with van der Waals surface area (Å²) < 4.78 is 11.2. The highest BCUT2D eigenvalue weighted by Crippen LogP contribution is 2.39. The summed E-state index contributed by atoms with van der Waals surface area (Å²) in [6.07, 6.45) is 12.1. The topological polar surface area (TPSA) is 90.8 Å². The molecule has 1 aliphatic heterocycles. The first-order valence-electron chi connectivity index (χ1n) is 12.1. The minimum Gasteiger partial charge on any atom is -0.380 e. The van der Waals surface area contributed by atoms with Crippen LogP contribution in [0.5, 0.6) is 0 Å². The van der Waals surface area contributed by atoms with Crippen molar-refractivity contribution in [2.75, 3.05) is 13.2 Å². The number of imidazole rings is 2. The van der Waals surface area contributed by atoms with Crippen molar-refractivity contribution in [1.82, 2.24) is 33.9 Å². The van der Waals surface area contributed by atoms with Gasteiger partial charge in [-0.1, -0.05) is 17.7 Å². The zero-order valence-electron chi connectivity index (χ0n) is 19.5. The number of amides is 1. The Balaban J connectivity index is 1.12. The van der Waals surface area contributed by atoms with Crippen molar-refractivity contribution in [3.63, 3.8) is 0 Å². The molecule has 0 aromatic carbocycles. The number of rotatable bonds is 7. The lowest BCUT2D eigenvalue weighted by molar-refractivity contribution is 0.00619. The standard InChI is InChI=1S/C26H24ClN7O2/c27-19-5-6-32-15-29-22(23(32)7-19)8-28-26(35)21-12-34(31-25(21)18-13-36-14-18)11-20-10-33-9-17(16-1-2-16)3-4-24(33)30-20/h3-7,9-10,12,15-16,18H,1-2,8,11,13-14H2,(H,28,35). The molecule has 0 bridgehead atoms. The predicted octanol–water partition coefficient (Wildman–Crippen LogP) is 3.80. The molecule has 1 amide bonds. The molecule has 0 radical (unpaired) electrons. The molecular formula is C26H24ClN7O2. The number of hydrogen-bond acceptors (Lipinski definition) is 5. The molecule has 1 saturated carbocycles. The van der Waals surface area contributed by atoms with Gasteiger partial charge in [0, 0.05) is 29.8 Å². The third-order valence-electron chi connectivity index (χ3n) is 6.95. The molecule has 1 N–H and O–H groups in total. The van der Waals surface area contributed by atoms with E-state index in [1.165, 1.54) is 18.4 Å². The van der Waals surface area contributed by atoms with Crippen LogP contribution in [0, 0.1) is 0 Å². The predicted molar refractivity (Wildman–Crippen MR) is 133 cm³/mol. The number of carbonyl (C=O) groups is 1. The molecule has 36 heavy (non-hydrogen) atoms. The van der Waals surface area contributed by atoms with Crippen LogP contribution >= 0.6 is 11.6 Å². The van der Waals surface area contributed by atoms with E-state index in [0.29, 0.717) is 36.3 Å². The first-order chi connectivity index (χ1) is 17.6. The Hall–Kier alpha value is -3.69. The first-order valence-corrected chi connectivity index (χ1v) is 12.5. The minimum absolute atomic E-state index is 0.112. The van der Waals surface area contributed by atoms with Crippen molar-refractivity contribution < 1.29 is 9.53 Å². The van der Waals surface area contributed by atoms with E-state index in [1.807, 2.05) is 29.1 Å². The summed E-state index contributed by atoms with van der Waals surface area (Å²) in [6.45, 7) is 1.91. The number of fused-ring (bicyclic) bond motifs is 2. The van der Waals surface area contributed by atoms with E-state index in [-0.39, 0.29) is 18.4 Å². The fourth-order valence-electron chi connectivity index (χ4n) is 4.76. The Kier molecular flexibility index (Phi) is 5.07. The lowest BCUT2D eigenvalue weighted by Gasteiger charge is -2.24.